The zero-order valence-electron chi connectivity index (χ0n) is 17.1. The van der Waals surface area contributed by atoms with Gasteiger partial charge < -0.3 is 18.6 Å². The van der Waals surface area contributed by atoms with Crippen molar-refractivity contribution in [1.82, 2.24) is 4.98 Å². The fraction of sp³-hybridized carbons (Fsp3) is 0.227. The van der Waals surface area contributed by atoms with Crippen LogP contribution < -0.4 is 10.4 Å². The van der Waals surface area contributed by atoms with Crippen LogP contribution in [0.25, 0.3) is 11.0 Å². The molecule has 2 heterocycles. The summed E-state index contributed by atoms with van der Waals surface area (Å²) >= 11 is 5.82. The van der Waals surface area contributed by atoms with E-state index < -0.39 is 29.8 Å². The van der Waals surface area contributed by atoms with Crippen LogP contribution in [-0.2, 0) is 19.1 Å². The smallest absolute Gasteiger partial charge is 0.351 e. The monoisotopic (exact) mass is 459 g/mol. The van der Waals surface area contributed by atoms with Crippen LogP contribution in [0.2, 0.25) is 5.02 Å². The van der Waals surface area contributed by atoms with Crippen molar-refractivity contribution in [2.24, 2.45) is 0 Å². The van der Waals surface area contributed by atoms with Crippen molar-refractivity contribution >= 4 is 40.5 Å². The fourth-order valence-corrected chi connectivity index (χ4v) is 2.77. The lowest BCUT2D eigenvalue weighted by Crippen LogP contribution is -2.19. The number of fused-ring (bicyclic) bond motifs is 1. The van der Waals surface area contributed by atoms with Gasteiger partial charge in [0.2, 0.25) is 0 Å². The number of nitrogens with zero attached hydrogens (tertiary/aromatic N) is 1. The summed E-state index contributed by atoms with van der Waals surface area (Å²) in [6, 6.07) is 7.03. The van der Waals surface area contributed by atoms with Gasteiger partial charge in [0.25, 0.3) is 6.29 Å². The van der Waals surface area contributed by atoms with Crippen LogP contribution in [0.4, 0.5) is 0 Å². The Balaban J connectivity index is 1.96. The molecule has 9 nitrogen and oxygen atoms in total. The molecule has 0 saturated heterocycles. The van der Waals surface area contributed by atoms with Gasteiger partial charge in [0.05, 0.1) is 11.2 Å². The van der Waals surface area contributed by atoms with Crippen LogP contribution in [0, 0.1) is 0 Å². The largest absolute Gasteiger partial charge is 0.422 e. The maximum Gasteiger partial charge on any atom is 0.351 e. The first-order chi connectivity index (χ1) is 15.3. The Hall–Kier alpha value is -3.72. The van der Waals surface area contributed by atoms with Crippen molar-refractivity contribution in [1.29, 1.82) is 0 Å². The molecule has 166 valence electrons. The zero-order valence-corrected chi connectivity index (χ0v) is 17.9. The van der Waals surface area contributed by atoms with Gasteiger partial charge in [-0.3, -0.25) is 14.6 Å². The average Bonchev–Trinajstić information content (AvgIpc) is 2.77. The Labute approximate surface area is 186 Å². The van der Waals surface area contributed by atoms with Crippen LogP contribution in [0.15, 0.2) is 51.9 Å². The molecule has 10 heteroatoms. The van der Waals surface area contributed by atoms with E-state index >= 15 is 0 Å². The van der Waals surface area contributed by atoms with Crippen LogP contribution >= 0.6 is 11.6 Å². The van der Waals surface area contributed by atoms with Gasteiger partial charge in [0.15, 0.2) is 5.75 Å². The average molecular weight is 460 g/mol. The number of ether oxygens (including phenoxy) is 3. The normalized spacial score (nSPS) is 10.8. The fourth-order valence-electron chi connectivity index (χ4n) is 2.61. The van der Waals surface area contributed by atoms with Crippen molar-refractivity contribution in [3.63, 3.8) is 0 Å². The van der Waals surface area contributed by atoms with Crippen molar-refractivity contribution in [3.05, 3.63) is 69.3 Å². The molecule has 2 aromatic heterocycles. The molecule has 0 aliphatic carbocycles. The van der Waals surface area contributed by atoms with Gasteiger partial charge in [0.1, 0.15) is 11.1 Å². The van der Waals surface area contributed by atoms with Gasteiger partial charge >= 0.3 is 23.5 Å². The quantitative estimate of drug-likeness (QED) is 0.293. The first-order valence-electron chi connectivity index (χ1n) is 9.60. The van der Waals surface area contributed by atoms with Crippen molar-refractivity contribution in [2.45, 2.75) is 33.0 Å². The van der Waals surface area contributed by atoms with Gasteiger partial charge in [0, 0.05) is 36.1 Å². The highest BCUT2D eigenvalue weighted by atomic mass is 35.5. The highest BCUT2D eigenvalue weighted by Gasteiger charge is 2.22. The van der Waals surface area contributed by atoms with Crippen molar-refractivity contribution < 1.29 is 33.0 Å². The van der Waals surface area contributed by atoms with E-state index in [2.05, 4.69) is 4.98 Å². The number of halogens is 1. The molecule has 0 fully saturated rings. The molecule has 0 radical (unpaired) electrons. The number of carbonyl (C=O) groups is 3. The molecule has 0 aliphatic rings. The van der Waals surface area contributed by atoms with Crippen molar-refractivity contribution in [3.8, 4) is 5.75 Å². The summed E-state index contributed by atoms with van der Waals surface area (Å²) in [4.78, 5) is 52.1. The van der Waals surface area contributed by atoms with Crippen LogP contribution in [0.3, 0.4) is 0 Å². The van der Waals surface area contributed by atoms with E-state index in [1.165, 1.54) is 42.7 Å². The Morgan fingerprint density at radius 3 is 2.34 bits per heavy atom. The summed E-state index contributed by atoms with van der Waals surface area (Å²) in [6.07, 6.45) is 1.49. The van der Waals surface area contributed by atoms with E-state index in [4.69, 9.17) is 30.2 Å². The molecule has 3 aromatic rings. The molecule has 0 amide bonds. The number of hydrogen-bond acceptors (Lipinski definition) is 9. The highest BCUT2D eigenvalue weighted by Crippen LogP contribution is 2.25. The lowest BCUT2D eigenvalue weighted by atomic mass is 10.1. The molecule has 1 aromatic carbocycles. The van der Waals surface area contributed by atoms with Crippen LogP contribution in [0.1, 0.15) is 48.9 Å². The molecule has 3 rings (SSSR count). The second-order valence-corrected chi connectivity index (χ2v) is 6.93. The first-order valence-corrected chi connectivity index (χ1v) is 9.98. The van der Waals surface area contributed by atoms with Gasteiger partial charge in [-0.05, 0) is 24.3 Å². The molecule has 0 atom stereocenters. The number of pyridine rings is 1. The van der Waals surface area contributed by atoms with E-state index in [1.54, 1.807) is 13.8 Å². The molecule has 0 aliphatic heterocycles. The number of rotatable bonds is 7. The maximum atomic E-state index is 12.5. The Bertz CT molecular complexity index is 1220. The topological polar surface area (TPSA) is 122 Å². The van der Waals surface area contributed by atoms with Gasteiger partial charge in [-0.15, -0.1) is 0 Å². The molecule has 0 N–H and O–H groups in total. The van der Waals surface area contributed by atoms with E-state index in [0.29, 0.717) is 10.9 Å². The molecular formula is C22H18ClNO8. The van der Waals surface area contributed by atoms with Crippen LogP contribution in [-0.4, -0.2) is 22.9 Å². The minimum Gasteiger partial charge on any atom is -0.422 e. The third-order valence-corrected chi connectivity index (χ3v) is 4.40. The number of benzene rings is 1. The lowest BCUT2D eigenvalue weighted by Gasteiger charge is -2.18. The molecule has 0 saturated carbocycles. The van der Waals surface area contributed by atoms with Gasteiger partial charge in [-0.25, -0.2) is 9.59 Å². The second kappa shape index (κ2) is 10.1. The van der Waals surface area contributed by atoms with E-state index in [0.717, 1.165) is 0 Å². The third-order valence-electron chi connectivity index (χ3n) is 4.19. The summed E-state index contributed by atoms with van der Waals surface area (Å²) in [5.74, 6) is -2.06. The van der Waals surface area contributed by atoms with E-state index in [-0.39, 0.29) is 34.8 Å². The number of hydrogen-bond donors (Lipinski definition) is 0. The summed E-state index contributed by atoms with van der Waals surface area (Å²) < 4.78 is 20.8. The van der Waals surface area contributed by atoms with E-state index in [9.17, 15) is 19.2 Å². The predicted octanol–water partition coefficient (Wildman–Crippen LogP) is 3.97. The highest BCUT2D eigenvalue weighted by molar-refractivity contribution is 6.30. The Kier molecular flexibility index (Phi) is 7.21. The number of carbonyl (C=O) groups excluding carboxylic acids is 3. The van der Waals surface area contributed by atoms with E-state index in [1.807, 2.05) is 0 Å². The Morgan fingerprint density at radius 1 is 1.03 bits per heavy atom. The Morgan fingerprint density at radius 2 is 1.72 bits per heavy atom. The summed E-state index contributed by atoms with van der Waals surface area (Å²) in [5.41, 5.74) is -0.797. The maximum absolute atomic E-state index is 12.5. The number of esters is 3. The minimum absolute atomic E-state index is 0.0498. The molecule has 0 spiro atoms. The van der Waals surface area contributed by atoms with Crippen LogP contribution in [0.5, 0.6) is 5.75 Å². The third kappa shape index (κ3) is 5.50. The number of aromatic nitrogens is 1. The van der Waals surface area contributed by atoms with Crippen molar-refractivity contribution in [2.75, 3.05) is 0 Å². The zero-order chi connectivity index (χ0) is 23.3. The predicted molar refractivity (Wildman–Crippen MR) is 112 cm³/mol. The minimum atomic E-state index is -1.29. The molecule has 0 unspecified atom stereocenters. The molecule has 32 heavy (non-hydrogen) atoms. The SMILES string of the molecule is CCC(=O)OC(OC(=O)CC)c1ccc2oc(=O)c(C(=O)Oc3cncc(Cl)c3)cc2c1. The van der Waals surface area contributed by atoms with Gasteiger partial charge in [-0.1, -0.05) is 25.4 Å². The molecular weight excluding hydrogens is 442 g/mol. The van der Waals surface area contributed by atoms with Gasteiger partial charge in [-0.2, -0.15) is 0 Å². The summed E-state index contributed by atoms with van der Waals surface area (Å²) in [6.45, 7) is 3.20. The summed E-state index contributed by atoms with van der Waals surface area (Å²) in [5, 5.41) is 0.572. The molecule has 0 bridgehead atoms. The second-order valence-electron chi connectivity index (χ2n) is 6.49. The summed E-state index contributed by atoms with van der Waals surface area (Å²) in [7, 11) is 0. The lowest BCUT2D eigenvalue weighted by molar-refractivity contribution is -0.189. The first kappa shape index (κ1) is 23.0. The standard InChI is InChI=1S/C22H18ClNO8/c1-3-18(25)31-22(32-19(26)4-2)12-5-6-17-13(7-12)8-16(21(28)30-17)20(27)29-15-9-14(23)10-24-11-15/h5-11,22H,3-4H2,1-2H3.